The molecule has 1 aromatic heterocycles. The standard InChI is InChI=1S/C17H22N6O3S/c1-22(2)16-14(10-18-17(20-16)23(3)4)21-27(25,26)12-6-7-13-11(9-12)5-8-15(24)19-13/h6-7,9-10,21H,5,8H2,1-4H3,(H,19,24). The second-order valence-corrected chi connectivity index (χ2v) is 8.35. The lowest BCUT2D eigenvalue weighted by atomic mass is 10.0. The Balaban J connectivity index is 1.94. The number of carbonyl (C=O) groups is 1. The van der Waals surface area contributed by atoms with Crippen molar-refractivity contribution >= 4 is 39.1 Å². The zero-order chi connectivity index (χ0) is 19.8. The Bertz CT molecular complexity index is 988. The van der Waals surface area contributed by atoms with Crippen LogP contribution in [0.15, 0.2) is 29.3 Å². The van der Waals surface area contributed by atoms with Gasteiger partial charge in [0.2, 0.25) is 11.9 Å². The average molecular weight is 390 g/mol. The van der Waals surface area contributed by atoms with Gasteiger partial charge in [-0.05, 0) is 30.2 Å². The highest BCUT2D eigenvalue weighted by Gasteiger charge is 2.22. The summed E-state index contributed by atoms with van der Waals surface area (Å²) in [5.41, 5.74) is 1.74. The largest absolute Gasteiger partial charge is 0.361 e. The van der Waals surface area contributed by atoms with E-state index in [2.05, 4.69) is 20.0 Å². The number of aryl methyl sites for hydroxylation is 1. The molecule has 1 aromatic carbocycles. The molecule has 0 radical (unpaired) electrons. The van der Waals surface area contributed by atoms with Crippen molar-refractivity contribution in [3.8, 4) is 0 Å². The van der Waals surface area contributed by atoms with E-state index in [1.54, 1.807) is 36.0 Å². The van der Waals surface area contributed by atoms with Gasteiger partial charge < -0.3 is 15.1 Å². The summed E-state index contributed by atoms with van der Waals surface area (Å²) in [6, 6.07) is 4.66. The van der Waals surface area contributed by atoms with Crippen LogP contribution in [0, 0.1) is 0 Å². The van der Waals surface area contributed by atoms with Gasteiger partial charge in [-0.25, -0.2) is 13.4 Å². The molecule has 0 bridgehead atoms. The van der Waals surface area contributed by atoms with E-state index < -0.39 is 10.0 Å². The topological polar surface area (TPSA) is 108 Å². The number of sulfonamides is 1. The molecule has 0 aliphatic carbocycles. The van der Waals surface area contributed by atoms with Crippen molar-refractivity contribution in [2.24, 2.45) is 0 Å². The van der Waals surface area contributed by atoms with E-state index in [1.165, 1.54) is 12.3 Å². The number of rotatable bonds is 5. The Morgan fingerprint density at radius 2 is 1.85 bits per heavy atom. The van der Waals surface area contributed by atoms with Gasteiger partial charge >= 0.3 is 0 Å². The fourth-order valence-electron chi connectivity index (χ4n) is 2.72. The molecule has 1 aliphatic heterocycles. The molecule has 0 atom stereocenters. The van der Waals surface area contributed by atoms with Crippen LogP contribution < -0.4 is 19.8 Å². The first-order valence-corrected chi connectivity index (χ1v) is 9.83. The van der Waals surface area contributed by atoms with Crippen molar-refractivity contribution in [2.45, 2.75) is 17.7 Å². The summed E-state index contributed by atoms with van der Waals surface area (Å²) in [6.45, 7) is 0. The minimum absolute atomic E-state index is 0.0648. The van der Waals surface area contributed by atoms with Gasteiger partial charge in [0.25, 0.3) is 10.0 Å². The third kappa shape index (κ3) is 3.95. The van der Waals surface area contributed by atoms with Crippen LogP contribution in [0.2, 0.25) is 0 Å². The smallest absolute Gasteiger partial charge is 0.262 e. The van der Waals surface area contributed by atoms with Gasteiger partial charge in [-0.15, -0.1) is 0 Å². The van der Waals surface area contributed by atoms with Crippen LogP contribution in [-0.4, -0.2) is 52.5 Å². The first-order chi connectivity index (χ1) is 12.7. The van der Waals surface area contributed by atoms with Crippen LogP contribution in [0.1, 0.15) is 12.0 Å². The number of carbonyl (C=O) groups excluding carboxylic acids is 1. The van der Waals surface area contributed by atoms with Gasteiger partial charge in [-0.3, -0.25) is 9.52 Å². The summed E-state index contributed by atoms with van der Waals surface area (Å²) in [4.78, 5) is 23.6. The molecule has 2 heterocycles. The summed E-state index contributed by atoms with van der Waals surface area (Å²) >= 11 is 0. The van der Waals surface area contributed by atoms with Gasteiger partial charge in [0.15, 0.2) is 5.82 Å². The van der Waals surface area contributed by atoms with Crippen LogP contribution in [0.3, 0.4) is 0 Å². The molecule has 2 aromatic rings. The zero-order valence-corrected chi connectivity index (χ0v) is 16.5. The van der Waals surface area contributed by atoms with Crippen LogP contribution in [0.4, 0.5) is 23.1 Å². The third-order valence-electron chi connectivity index (χ3n) is 4.11. The summed E-state index contributed by atoms with van der Waals surface area (Å²) in [5.74, 6) is 0.874. The monoisotopic (exact) mass is 390 g/mol. The van der Waals surface area contributed by atoms with E-state index in [0.717, 1.165) is 5.56 Å². The maximum Gasteiger partial charge on any atom is 0.262 e. The van der Waals surface area contributed by atoms with E-state index in [1.807, 2.05) is 14.1 Å². The number of nitrogens with zero attached hydrogens (tertiary/aromatic N) is 4. The lowest BCUT2D eigenvalue weighted by Gasteiger charge is -2.20. The predicted octanol–water partition coefficient (Wildman–Crippen LogP) is 1.29. The number of nitrogens with one attached hydrogen (secondary N) is 2. The second kappa shape index (κ2) is 7.03. The Kier molecular flexibility index (Phi) is 4.92. The van der Waals surface area contributed by atoms with Crippen molar-refractivity contribution < 1.29 is 13.2 Å². The molecule has 27 heavy (non-hydrogen) atoms. The molecule has 1 amide bonds. The number of fused-ring (bicyclic) bond motifs is 1. The van der Waals surface area contributed by atoms with Crippen molar-refractivity contribution in [2.75, 3.05) is 48.0 Å². The highest BCUT2D eigenvalue weighted by atomic mass is 32.2. The van der Waals surface area contributed by atoms with Crippen molar-refractivity contribution in [3.63, 3.8) is 0 Å². The summed E-state index contributed by atoms with van der Waals surface area (Å²) in [7, 11) is 3.35. The SMILES string of the molecule is CN(C)c1ncc(NS(=O)(=O)c2ccc3c(c2)CCC(=O)N3)c(N(C)C)n1. The average Bonchev–Trinajstić information content (AvgIpc) is 2.60. The fourth-order valence-corrected chi connectivity index (χ4v) is 3.82. The quantitative estimate of drug-likeness (QED) is 0.792. The van der Waals surface area contributed by atoms with Crippen LogP contribution in [0.25, 0.3) is 0 Å². The number of aromatic nitrogens is 2. The molecule has 144 valence electrons. The van der Waals surface area contributed by atoms with E-state index in [0.29, 0.717) is 30.3 Å². The summed E-state index contributed by atoms with van der Waals surface area (Å²) < 4.78 is 28.3. The molecule has 10 heteroatoms. The summed E-state index contributed by atoms with van der Waals surface area (Å²) in [5, 5.41) is 2.74. The van der Waals surface area contributed by atoms with Crippen molar-refractivity contribution in [1.82, 2.24) is 9.97 Å². The number of anilines is 4. The fraction of sp³-hybridized carbons (Fsp3) is 0.353. The van der Waals surface area contributed by atoms with Gasteiger partial charge in [-0.2, -0.15) is 4.98 Å². The van der Waals surface area contributed by atoms with Gasteiger partial charge in [-0.1, -0.05) is 0 Å². The molecule has 1 aliphatic rings. The minimum Gasteiger partial charge on any atom is -0.361 e. The predicted molar refractivity (Wildman–Crippen MR) is 105 cm³/mol. The molecule has 0 saturated heterocycles. The molecule has 0 saturated carbocycles. The second-order valence-electron chi connectivity index (χ2n) is 6.67. The lowest BCUT2D eigenvalue weighted by Crippen LogP contribution is -2.22. The highest BCUT2D eigenvalue weighted by molar-refractivity contribution is 7.92. The van der Waals surface area contributed by atoms with E-state index in [9.17, 15) is 13.2 Å². The number of hydrogen-bond acceptors (Lipinski definition) is 7. The molecular formula is C17H22N6O3S. The number of benzene rings is 1. The molecular weight excluding hydrogens is 368 g/mol. The maximum absolute atomic E-state index is 12.9. The minimum atomic E-state index is -3.83. The van der Waals surface area contributed by atoms with Gasteiger partial charge in [0, 0.05) is 40.3 Å². The van der Waals surface area contributed by atoms with Crippen molar-refractivity contribution in [1.29, 1.82) is 0 Å². The van der Waals surface area contributed by atoms with Crippen LogP contribution in [0.5, 0.6) is 0 Å². The van der Waals surface area contributed by atoms with Crippen LogP contribution in [-0.2, 0) is 21.2 Å². The zero-order valence-electron chi connectivity index (χ0n) is 15.6. The maximum atomic E-state index is 12.9. The van der Waals surface area contributed by atoms with E-state index >= 15 is 0 Å². The molecule has 2 N–H and O–H groups in total. The Morgan fingerprint density at radius 3 is 2.52 bits per heavy atom. The molecule has 0 spiro atoms. The first kappa shape index (κ1) is 18.9. The van der Waals surface area contributed by atoms with E-state index in [-0.39, 0.29) is 16.5 Å². The highest BCUT2D eigenvalue weighted by Crippen LogP contribution is 2.29. The molecule has 3 rings (SSSR count). The Hall–Kier alpha value is -2.88. The van der Waals surface area contributed by atoms with E-state index in [4.69, 9.17) is 0 Å². The number of hydrogen-bond donors (Lipinski definition) is 2. The normalized spacial score (nSPS) is 13.6. The molecule has 0 unspecified atom stereocenters. The van der Waals surface area contributed by atoms with Crippen LogP contribution >= 0.6 is 0 Å². The lowest BCUT2D eigenvalue weighted by molar-refractivity contribution is -0.116. The Labute approximate surface area is 158 Å². The Morgan fingerprint density at radius 1 is 1.11 bits per heavy atom. The van der Waals surface area contributed by atoms with Gasteiger partial charge in [0.05, 0.1) is 11.1 Å². The first-order valence-electron chi connectivity index (χ1n) is 8.34. The number of amides is 1. The third-order valence-corrected chi connectivity index (χ3v) is 5.47. The van der Waals surface area contributed by atoms with Gasteiger partial charge in [0.1, 0.15) is 5.69 Å². The molecule has 0 fully saturated rings. The summed E-state index contributed by atoms with van der Waals surface area (Å²) in [6.07, 6.45) is 2.30. The molecule has 9 nitrogen and oxygen atoms in total. The van der Waals surface area contributed by atoms with Crippen molar-refractivity contribution in [3.05, 3.63) is 30.0 Å².